The zero-order valence-electron chi connectivity index (χ0n) is 16.9. The highest BCUT2D eigenvalue weighted by Gasteiger charge is 2.42. The molecule has 0 unspecified atom stereocenters. The number of nitrogens with zero attached hydrogens (tertiary/aromatic N) is 3. The second-order valence-electron chi connectivity index (χ2n) is 7.58. The van der Waals surface area contributed by atoms with E-state index in [9.17, 15) is 19.2 Å². The third-order valence-corrected chi connectivity index (χ3v) is 4.49. The maximum absolute atomic E-state index is 12.7. The third kappa shape index (κ3) is 3.51. The lowest BCUT2D eigenvalue weighted by Crippen LogP contribution is -2.45. The number of ether oxygens (including phenoxy) is 1. The number of aryl methyl sites for hydroxylation is 1. The maximum atomic E-state index is 12.7. The highest BCUT2D eigenvalue weighted by molar-refractivity contribution is 6.22. The molecule has 0 aliphatic carbocycles. The number of imide groups is 1. The van der Waals surface area contributed by atoms with E-state index >= 15 is 0 Å². The molecule has 0 saturated heterocycles. The number of rotatable bonds is 4. The van der Waals surface area contributed by atoms with Crippen LogP contribution < -0.4 is 5.32 Å². The molecule has 0 fully saturated rings. The zero-order valence-corrected chi connectivity index (χ0v) is 16.9. The van der Waals surface area contributed by atoms with Gasteiger partial charge in [0.25, 0.3) is 17.7 Å². The summed E-state index contributed by atoms with van der Waals surface area (Å²) < 4.78 is 6.31. The molecule has 0 atom stereocenters. The Morgan fingerprint density at radius 2 is 1.79 bits per heavy atom. The minimum atomic E-state index is -0.682. The molecule has 29 heavy (non-hydrogen) atoms. The Kier molecular flexibility index (Phi) is 5.00. The van der Waals surface area contributed by atoms with Crippen molar-refractivity contribution >= 4 is 29.5 Å². The fraction of sp³-hybridized carbons (Fsp3) is 0.350. The van der Waals surface area contributed by atoms with Crippen molar-refractivity contribution < 1.29 is 23.9 Å². The van der Waals surface area contributed by atoms with Crippen molar-refractivity contribution in [1.82, 2.24) is 14.7 Å². The molecule has 9 nitrogen and oxygen atoms in total. The van der Waals surface area contributed by atoms with Crippen LogP contribution in [0.2, 0.25) is 0 Å². The lowest BCUT2D eigenvalue weighted by molar-refractivity contribution is 0.0501. The van der Waals surface area contributed by atoms with Crippen LogP contribution in [0.15, 0.2) is 24.4 Å². The average Bonchev–Trinajstić information content (AvgIpc) is 3.12. The summed E-state index contributed by atoms with van der Waals surface area (Å²) in [6.45, 7) is 7.16. The smallest absolute Gasteiger partial charge is 0.343 e. The molecule has 1 aliphatic rings. The summed E-state index contributed by atoms with van der Waals surface area (Å²) in [5, 5.41) is 6.60. The second-order valence-corrected chi connectivity index (χ2v) is 7.58. The normalized spacial score (nSPS) is 13.5. The largest absolute Gasteiger partial charge is 0.462 e. The van der Waals surface area contributed by atoms with Crippen molar-refractivity contribution in [3.63, 3.8) is 0 Å². The molecule has 0 radical (unpaired) electrons. The van der Waals surface area contributed by atoms with Gasteiger partial charge in [0, 0.05) is 18.2 Å². The Morgan fingerprint density at radius 3 is 2.41 bits per heavy atom. The lowest BCUT2D eigenvalue weighted by atomic mass is 10.1. The van der Waals surface area contributed by atoms with E-state index in [-0.39, 0.29) is 40.6 Å². The van der Waals surface area contributed by atoms with E-state index in [0.717, 1.165) is 0 Å². The minimum absolute atomic E-state index is 0.119. The Labute approximate surface area is 167 Å². The van der Waals surface area contributed by atoms with Crippen molar-refractivity contribution in [2.45, 2.75) is 33.2 Å². The first kappa shape index (κ1) is 20.2. The highest BCUT2D eigenvalue weighted by atomic mass is 16.5. The molecule has 1 N–H and O–H groups in total. The number of nitrogens with one attached hydrogen (secondary N) is 1. The van der Waals surface area contributed by atoms with Crippen LogP contribution >= 0.6 is 0 Å². The summed E-state index contributed by atoms with van der Waals surface area (Å²) >= 11 is 0. The molecule has 2 aromatic rings. The molecule has 3 amide bonds. The van der Waals surface area contributed by atoms with Crippen molar-refractivity contribution in [2.75, 3.05) is 11.9 Å². The Hall–Kier alpha value is -3.49. The van der Waals surface area contributed by atoms with Gasteiger partial charge in [0.05, 0.1) is 23.9 Å². The third-order valence-electron chi connectivity index (χ3n) is 4.49. The number of esters is 1. The maximum Gasteiger partial charge on any atom is 0.343 e. The van der Waals surface area contributed by atoms with Crippen LogP contribution in [0.1, 0.15) is 69.1 Å². The van der Waals surface area contributed by atoms with Crippen molar-refractivity contribution in [2.24, 2.45) is 7.05 Å². The predicted octanol–water partition coefficient (Wildman–Crippen LogP) is 2.24. The standard InChI is InChI=1S/C20H22N4O5/c1-6-29-19(28)14-10-21-23(5)15(14)22-16(25)11-7-8-12-13(9-11)18(27)24(17(12)26)20(2,3)4/h7-10H,6H2,1-5H3,(H,22,25). The van der Waals surface area contributed by atoms with Crippen molar-refractivity contribution in [3.05, 3.63) is 46.6 Å². The summed E-state index contributed by atoms with van der Waals surface area (Å²) in [4.78, 5) is 51.2. The van der Waals surface area contributed by atoms with Gasteiger partial charge in [0.2, 0.25) is 0 Å². The van der Waals surface area contributed by atoms with E-state index in [2.05, 4.69) is 10.4 Å². The van der Waals surface area contributed by atoms with Crippen LogP contribution in [0, 0.1) is 0 Å². The zero-order chi connectivity index (χ0) is 21.5. The number of aromatic nitrogens is 2. The van der Waals surface area contributed by atoms with Gasteiger partial charge in [0.1, 0.15) is 11.4 Å². The molecule has 2 heterocycles. The molecule has 1 aromatic carbocycles. The number of amides is 3. The molecule has 1 aromatic heterocycles. The topological polar surface area (TPSA) is 111 Å². The van der Waals surface area contributed by atoms with Crippen LogP contribution in [-0.2, 0) is 11.8 Å². The van der Waals surface area contributed by atoms with Gasteiger partial charge in [-0.1, -0.05) is 0 Å². The first-order chi connectivity index (χ1) is 13.6. The van der Waals surface area contributed by atoms with Gasteiger partial charge in [-0.15, -0.1) is 0 Å². The Morgan fingerprint density at radius 1 is 1.14 bits per heavy atom. The van der Waals surface area contributed by atoms with Gasteiger partial charge in [-0.3, -0.25) is 24.0 Å². The van der Waals surface area contributed by atoms with Gasteiger partial charge in [-0.25, -0.2) is 4.79 Å². The van der Waals surface area contributed by atoms with E-state index in [0.29, 0.717) is 0 Å². The quantitative estimate of drug-likeness (QED) is 0.625. The Balaban J connectivity index is 1.90. The summed E-state index contributed by atoms with van der Waals surface area (Å²) in [7, 11) is 1.57. The van der Waals surface area contributed by atoms with Crippen LogP contribution in [0.5, 0.6) is 0 Å². The molecule has 0 bridgehead atoms. The summed E-state index contributed by atoms with van der Waals surface area (Å²) in [6.07, 6.45) is 1.31. The van der Waals surface area contributed by atoms with Crippen LogP contribution in [0.4, 0.5) is 5.82 Å². The second kappa shape index (κ2) is 7.16. The minimum Gasteiger partial charge on any atom is -0.462 e. The van der Waals surface area contributed by atoms with E-state index in [1.54, 1.807) is 34.7 Å². The molecule has 152 valence electrons. The number of carbonyl (C=O) groups excluding carboxylic acids is 4. The highest BCUT2D eigenvalue weighted by Crippen LogP contribution is 2.30. The van der Waals surface area contributed by atoms with Crippen LogP contribution in [0.3, 0.4) is 0 Å². The predicted molar refractivity (Wildman–Crippen MR) is 104 cm³/mol. The number of hydrogen-bond acceptors (Lipinski definition) is 6. The Bertz CT molecular complexity index is 1030. The van der Waals surface area contributed by atoms with E-state index in [1.165, 1.54) is 34.0 Å². The van der Waals surface area contributed by atoms with Crippen LogP contribution in [-0.4, -0.2) is 50.5 Å². The lowest BCUT2D eigenvalue weighted by Gasteiger charge is -2.29. The van der Waals surface area contributed by atoms with Gasteiger partial charge in [0.15, 0.2) is 0 Å². The number of benzene rings is 1. The number of hydrogen-bond donors (Lipinski definition) is 1. The van der Waals surface area contributed by atoms with E-state index in [4.69, 9.17) is 4.74 Å². The molecule has 0 saturated carbocycles. The molecular formula is C20H22N4O5. The van der Waals surface area contributed by atoms with Gasteiger partial charge < -0.3 is 10.1 Å². The monoisotopic (exact) mass is 398 g/mol. The first-order valence-electron chi connectivity index (χ1n) is 9.09. The van der Waals surface area contributed by atoms with E-state index < -0.39 is 23.3 Å². The van der Waals surface area contributed by atoms with Crippen molar-refractivity contribution in [1.29, 1.82) is 0 Å². The number of fused-ring (bicyclic) bond motifs is 1. The van der Waals surface area contributed by atoms with Gasteiger partial charge >= 0.3 is 5.97 Å². The SMILES string of the molecule is CCOC(=O)c1cnn(C)c1NC(=O)c1ccc2c(c1)C(=O)N(C(C)(C)C)C2=O. The molecular weight excluding hydrogens is 376 g/mol. The van der Waals surface area contributed by atoms with Crippen LogP contribution in [0.25, 0.3) is 0 Å². The van der Waals surface area contributed by atoms with Gasteiger partial charge in [-0.05, 0) is 45.9 Å². The summed E-state index contributed by atoms with van der Waals surface area (Å²) in [5.41, 5.74) is 0.0480. The molecule has 1 aliphatic heterocycles. The average molecular weight is 398 g/mol. The fourth-order valence-electron chi connectivity index (χ4n) is 3.12. The van der Waals surface area contributed by atoms with E-state index in [1.807, 2.05) is 0 Å². The van der Waals surface area contributed by atoms with Gasteiger partial charge in [-0.2, -0.15) is 5.10 Å². The number of carbonyl (C=O) groups is 4. The molecule has 9 heteroatoms. The fourth-order valence-corrected chi connectivity index (χ4v) is 3.12. The van der Waals surface area contributed by atoms with Crippen molar-refractivity contribution in [3.8, 4) is 0 Å². The number of anilines is 1. The first-order valence-corrected chi connectivity index (χ1v) is 9.09. The molecule has 0 spiro atoms. The molecule has 3 rings (SSSR count). The summed E-state index contributed by atoms with van der Waals surface area (Å²) in [5.74, 6) is -1.81. The summed E-state index contributed by atoms with van der Waals surface area (Å²) in [6, 6.07) is 4.31.